The van der Waals surface area contributed by atoms with Gasteiger partial charge >= 0.3 is 47.8 Å². The number of esters is 8. The second-order valence-corrected chi connectivity index (χ2v) is 19.4. The molecule has 16 nitrogen and oxygen atoms in total. The zero-order chi connectivity index (χ0) is 103. The maximum atomic E-state index is 11.8. The van der Waals surface area contributed by atoms with Gasteiger partial charge in [-0.1, -0.05) is 94.2 Å². The molecule has 0 saturated carbocycles. The van der Waals surface area contributed by atoms with Gasteiger partial charge in [-0.3, -0.25) is 61.5 Å². The Labute approximate surface area is 718 Å². The molecule has 0 amide bonds. The molecule has 0 saturated heterocycles. The van der Waals surface area contributed by atoms with Crippen LogP contribution in [0.5, 0.6) is 0 Å². The van der Waals surface area contributed by atoms with E-state index in [4.69, 9.17) is 9.47 Å². The van der Waals surface area contributed by atoms with Gasteiger partial charge in [0.25, 0.3) is 0 Å². The van der Waals surface area contributed by atoms with Crippen molar-refractivity contribution >= 4 is 47.8 Å². The van der Waals surface area contributed by atoms with Crippen molar-refractivity contribution in [2.24, 2.45) is 11.8 Å². The summed E-state index contributed by atoms with van der Waals surface area (Å²) in [5.41, 5.74) is 1.40. The van der Waals surface area contributed by atoms with Crippen LogP contribution in [0.25, 0.3) is 0 Å². The molecule has 0 radical (unpaired) electrons. The van der Waals surface area contributed by atoms with Crippen molar-refractivity contribution in [1.82, 2.24) is 0 Å². The van der Waals surface area contributed by atoms with Crippen LogP contribution in [-0.2, 0) is 76.3 Å². The lowest BCUT2D eigenvalue weighted by Crippen LogP contribution is -2.12. The van der Waals surface area contributed by atoms with E-state index < -0.39 is 116 Å². The molecule has 124 heavy (non-hydrogen) atoms. The summed E-state index contributed by atoms with van der Waals surface area (Å²) < 4.78 is 326. The van der Waals surface area contributed by atoms with Gasteiger partial charge in [-0.25, -0.2) is 99.8 Å². The molecule has 0 aromatic heterocycles. The molecule has 0 fully saturated rings. The van der Waals surface area contributed by atoms with E-state index in [1.165, 1.54) is 20.8 Å². The average Bonchev–Trinajstić information content (AvgIpc) is 0.986. The predicted molar refractivity (Wildman–Crippen MR) is 436 cm³/mol. The van der Waals surface area contributed by atoms with Gasteiger partial charge in [-0.15, -0.1) is 0 Å². The lowest BCUT2D eigenvalue weighted by molar-refractivity contribution is -0.140. The lowest BCUT2D eigenvalue weighted by atomic mass is 10.1. The zero-order valence-electron chi connectivity index (χ0n) is 74.5. The van der Waals surface area contributed by atoms with Crippen LogP contribution >= 0.6 is 0 Å². The van der Waals surface area contributed by atoms with Crippen molar-refractivity contribution in [3.63, 3.8) is 0 Å². The highest BCUT2D eigenvalue weighted by molar-refractivity contribution is 5.88. The summed E-state index contributed by atoms with van der Waals surface area (Å²) >= 11 is 0. The van der Waals surface area contributed by atoms with Gasteiger partial charge < -0.3 is 37.9 Å². The number of rotatable bonds is 38. The summed E-state index contributed by atoms with van der Waals surface area (Å²) in [6.45, 7) is 32.0. The quantitative estimate of drug-likeness (QED) is 0.0185. The van der Waals surface area contributed by atoms with Crippen LogP contribution in [0.15, 0.2) is 99.2 Å². The van der Waals surface area contributed by atoms with E-state index >= 15 is 0 Å². The highest BCUT2D eigenvalue weighted by Gasteiger charge is 2.08. The normalized spacial score (nSPS) is 8.53. The zero-order valence-corrected chi connectivity index (χ0v) is 74.5. The minimum absolute atomic E-state index is 0.0818. The average molecular weight is 1890 g/mol. The van der Waals surface area contributed by atoms with E-state index in [9.17, 15) is 161 Å². The van der Waals surface area contributed by atoms with E-state index in [1.807, 2.05) is 13.8 Å². The number of hydrogen-bond donors (Lipinski definition) is 0. The minimum atomic E-state index is -1.75. The number of alkyl halides is 28. The maximum Gasteiger partial charge on any atom is 0.333 e. The Kier molecular flexibility index (Phi) is 282. The first-order chi connectivity index (χ1) is 58.7. The molecular weight excluding hydrogens is 1750 g/mol. The highest BCUT2D eigenvalue weighted by atomic mass is 19.3. The second kappa shape index (κ2) is 202. The number of carbonyl (C=O) groups excluding carboxylic acids is 8. The molecule has 0 aromatic rings. The molecular formula is C80H144F28O16. The first-order valence-electron chi connectivity index (χ1n) is 36.5. The van der Waals surface area contributed by atoms with E-state index in [-0.39, 0.29) is 144 Å². The second-order valence-electron chi connectivity index (χ2n) is 19.4. The van der Waals surface area contributed by atoms with Crippen LogP contribution in [-0.4, -0.2) is 250 Å². The summed E-state index contributed by atoms with van der Waals surface area (Å²) in [5.74, 6) is -3.59. The van der Waals surface area contributed by atoms with Gasteiger partial charge in [-0.05, 0) is 118 Å². The third-order valence-electron chi connectivity index (χ3n) is 8.23. The summed E-state index contributed by atoms with van der Waals surface area (Å²) in [5, 5.41) is 0. The Hall–Kier alpha value is -8.28. The van der Waals surface area contributed by atoms with Gasteiger partial charge in [-0.2, -0.15) is 0 Å². The Morgan fingerprint density at radius 1 is 0.250 bits per heavy atom. The predicted octanol–water partition coefficient (Wildman–Crippen LogP) is 25.3. The van der Waals surface area contributed by atoms with Crippen LogP contribution in [0.3, 0.4) is 0 Å². The molecule has 44 heteroatoms. The van der Waals surface area contributed by atoms with Crippen molar-refractivity contribution < 1.29 is 199 Å². The van der Waals surface area contributed by atoms with Crippen LogP contribution in [0.2, 0.25) is 0 Å². The smallest absolute Gasteiger partial charge is 0.333 e. The van der Waals surface area contributed by atoms with Gasteiger partial charge in [0, 0.05) is 59.4 Å². The maximum absolute atomic E-state index is 11.8. The first kappa shape index (κ1) is 173. The molecule has 0 bridgehead atoms. The third kappa shape index (κ3) is 335. The number of ether oxygens (including phenoxy) is 8. The summed E-state index contributed by atoms with van der Waals surface area (Å²) in [6.07, 6.45) is 10.3. The third-order valence-corrected chi connectivity index (χ3v) is 8.23. The number of carbonyl (C=O) groups is 8. The molecule has 0 rings (SSSR count). The fourth-order valence-electron chi connectivity index (χ4n) is 3.16. The largest absolute Gasteiger partial charge is 0.463 e. The van der Waals surface area contributed by atoms with Crippen molar-refractivity contribution in [1.29, 1.82) is 0 Å². The lowest BCUT2D eigenvalue weighted by Gasteiger charge is -2.09. The molecule has 0 heterocycles. The van der Waals surface area contributed by atoms with Gasteiger partial charge in [0.2, 0.25) is 41.6 Å². The molecule has 0 N–H and O–H groups in total. The van der Waals surface area contributed by atoms with Crippen LogP contribution in [0.4, 0.5) is 123 Å². The van der Waals surface area contributed by atoms with Crippen LogP contribution in [0, 0.1) is 11.8 Å². The fraction of sp³-hybridized carbons (Fsp3) is 0.700. The Morgan fingerprint density at radius 2 is 0.411 bits per heavy atom. The van der Waals surface area contributed by atoms with Crippen molar-refractivity contribution in [2.75, 3.05) is 202 Å². The molecule has 0 aliphatic rings. The van der Waals surface area contributed by atoms with Gasteiger partial charge in [0.15, 0.2) is 0 Å². The van der Waals surface area contributed by atoms with Gasteiger partial charge in [0.05, 0.1) is 134 Å². The number of unbranched alkanes of at least 4 members (excludes halogenated alkanes) is 2. The molecule has 0 aromatic carbocycles. The van der Waals surface area contributed by atoms with Crippen molar-refractivity contribution in [2.45, 2.75) is 160 Å². The van der Waals surface area contributed by atoms with E-state index in [2.05, 4.69) is 81.1 Å². The van der Waals surface area contributed by atoms with Gasteiger partial charge in [0.1, 0.15) is 26.6 Å². The van der Waals surface area contributed by atoms with E-state index in [0.29, 0.717) is 101 Å². The highest BCUT2D eigenvalue weighted by Crippen LogP contribution is 2.05. The standard InChI is InChI=1S/C9H15FO2.2C8H13FO2.2C7H11FO2.2C6H9FO2.C5H7FO2.4C3H7F.2C2H5F.6CH2F2.2CH3F/c1-7(2)9(11)12-6-8(3)4-5-10;1-7(2)8(10)11-6-4-3-5-9;1-3-8(10)11-6-7(2)4-5-9;1-6(2)7(9)10-5-3-4-8;1-2-7(9)10-6-4-3-5-8;1-5(2)6(8)9-4-3-7;1-2-6(8)9-5-3-4-7;1-2-5(7)8-4-3-6;4*1-2-3-4;2*1-2-3;6*2-1-3;2*1-2/h8H,1,4-6H2,2-3H3;1,3-6H2,2H3;3,7H,1,4-6H2,2H3;1,3-5H2,2H3;2H,1,3-6H2;1,3-4H2,2H3;2H,1,3-5H2;2H,1,3-4H2;4*2-3H2,1H3;2*2H2,1H3;6*1H2;2*1H3. The van der Waals surface area contributed by atoms with Crippen LogP contribution in [0.1, 0.15) is 160 Å². The molecule has 2 unspecified atom stereocenters. The van der Waals surface area contributed by atoms with E-state index in [1.54, 1.807) is 48.5 Å². The first-order valence-corrected chi connectivity index (χ1v) is 36.5. The minimum Gasteiger partial charge on any atom is -0.463 e. The topological polar surface area (TPSA) is 210 Å². The Balaban J connectivity index is -0.0000000449. The fourth-order valence-corrected chi connectivity index (χ4v) is 3.16. The Bertz CT molecular complexity index is 2010. The molecule has 0 aliphatic carbocycles. The molecule has 756 valence electrons. The Morgan fingerprint density at radius 3 is 0.597 bits per heavy atom. The summed E-state index contributed by atoms with van der Waals surface area (Å²) in [4.78, 5) is 83.6. The number of hydrogen-bond acceptors (Lipinski definition) is 16. The van der Waals surface area contributed by atoms with Crippen LogP contribution < -0.4 is 0 Å². The van der Waals surface area contributed by atoms with E-state index in [0.717, 1.165) is 24.3 Å². The van der Waals surface area contributed by atoms with Crippen molar-refractivity contribution in [3.05, 3.63) is 99.2 Å². The SMILES string of the molecule is C=C(C)C(=O)OCC(C)CCF.C=C(C)C(=O)OCCCCF.C=C(C)C(=O)OCCCF.C=C(C)C(=O)OCCF.C=CC(=O)OCC(C)CCF.C=CC(=O)OCCCCF.C=CC(=O)OCCCF.C=CC(=O)OCCF.CCCF.CCCF.CCCF.CCCF.CCF.CCF.CF.CF.FCF.FCF.FCF.FCF.FCF.FCF. The summed E-state index contributed by atoms with van der Waals surface area (Å²) in [6, 6.07) is 0. The van der Waals surface area contributed by atoms with Crippen molar-refractivity contribution in [3.8, 4) is 0 Å². The molecule has 0 spiro atoms. The molecule has 2 atom stereocenters. The number of halogens is 28. The monoisotopic (exact) mass is 1890 g/mol. The summed E-state index contributed by atoms with van der Waals surface area (Å²) in [7, 11) is 1.00. The molecule has 0 aliphatic heterocycles.